The van der Waals surface area contributed by atoms with Crippen LogP contribution in [0.4, 0.5) is 8.78 Å². The van der Waals surface area contributed by atoms with E-state index >= 15 is 0 Å². The summed E-state index contributed by atoms with van der Waals surface area (Å²) in [7, 11) is 1.30. The van der Waals surface area contributed by atoms with Gasteiger partial charge in [0, 0.05) is 11.6 Å². The number of aliphatic carboxylic acids is 1. The maximum absolute atomic E-state index is 12.2. The number of para-hydroxylation sites is 1. The summed E-state index contributed by atoms with van der Waals surface area (Å²) in [6.45, 7) is -3.01. The van der Waals surface area contributed by atoms with Crippen LogP contribution in [-0.4, -0.2) is 24.8 Å². The van der Waals surface area contributed by atoms with Gasteiger partial charge in [0.1, 0.15) is 0 Å². The highest BCUT2D eigenvalue weighted by Crippen LogP contribution is 2.33. The molecule has 6 heteroatoms. The first-order valence-electron chi connectivity index (χ1n) is 4.57. The second kappa shape index (κ2) is 5.83. The van der Waals surface area contributed by atoms with Crippen molar-refractivity contribution in [3.05, 3.63) is 29.8 Å². The molecule has 0 heterocycles. The minimum Gasteiger partial charge on any atom is -0.493 e. The molecule has 0 aliphatic heterocycles. The lowest BCUT2D eigenvalue weighted by Gasteiger charge is -2.12. The van der Waals surface area contributed by atoms with Gasteiger partial charge in [-0.25, -0.2) is 4.79 Å². The first-order chi connectivity index (χ1) is 8.04. The number of ether oxygens (including phenoxy) is 2. The standard InChI is InChI=1S/C11H10F2O4/c1-16-8-4-2-3-7(5-6-9(14)15)10(8)17-11(12)13/h2-6,11H,1H3,(H,14,15). The molecule has 0 saturated carbocycles. The van der Waals surface area contributed by atoms with Crippen LogP contribution in [0, 0.1) is 0 Å². The van der Waals surface area contributed by atoms with E-state index in [1.807, 2.05) is 0 Å². The van der Waals surface area contributed by atoms with Gasteiger partial charge in [-0.1, -0.05) is 12.1 Å². The number of hydrogen-bond donors (Lipinski definition) is 1. The Morgan fingerprint density at radius 3 is 2.71 bits per heavy atom. The summed E-state index contributed by atoms with van der Waals surface area (Å²) in [5.74, 6) is -1.27. The first kappa shape index (κ1) is 13.0. The molecule has 1 rings (SSSR count). The smallest absolute Gasteiger partial charge is 0.387 e. The van der Waals surface area contributed by atoms with E-state index in [0.29, 0.717) is 0 Å². The monoisotopic (exact) mass is 244 g/mol. The second-order valence-corrected chi connectivity index (χ2v) is 2.93. The van der Waals surface area contributed by atoms with E-state index in [0.717, 1.165) is 12.2 Å². The molecule has 0 atom stereocenters. The van der Waals surface area contributed by atoms with E-state index < -0.39 is 12.6 Å². The van der Waals surface area contributed by atoms with Crippen LogP contribution in [0.15, 0.2) is 24.3 Å². The molecule has 1 aromatic carbocycles. The maximum Gasteiger partial charge on any atom is 0.387 e. The molecule has 0 bridgehead atoms. The highest BCUT2D eigenvalue weighted by molar-refractivity contribution is 5.86. The zero-order valence-electron chi connectivity index (χ0n) is 8.89. The van der Waals surface area contributed by atoms with Gasteiger partial charge in [-0.15, -0.1) is 0 Å². The van der Waals surface area contributed by atoms with Crippen LogP contribution in [-0.2, 0) is 4.79 Å². The number of halogens is 2. The van der Waals surface area contributed by atoms with Crippen molar-refractivity contribution in [1.29, 1.82) is 0 Å². The average molecular weight is 244 g/mol. The molecule has 92 valence electrons. The van der Waals surface area contributed by atoms with Crippen LogP contribution in [0.25, 0.3) is 6.08 Å². The highest BCUT2D eigenvalue weighted by Gasteiger charge is 2.13. The third-order valence-corrected chi connectivity index (χ3v) is 1.84. The van der Waals surface area contributed by atoms with Gasteiger partial charge in [0.15, 0.2) is 11.5 Å². The van der Waals surface area contributed by atoms with E-state index in [-0.39, 0.29) is 17.1 Å². The fourth-order valence-electron chi connectivity index (χ4n) is 1.20. The lowest BCUT2D eigenvalue weighted by atomic mass is 10.1. The molecule has 0 aliphatic carbocycles. The molecular weight excluding hydrogens is 234 g/mol. The number of carboxylic acid groups (broad SMARTS) is 1. The minimum absolute atomic E-state index is 0.109. The summed E-state index contributed by atoms with van der Waals surface area (Å²) < 4.78 is 33.5. The Bertz CT molecular complexity index is 429. The quantitative estimate of drug-likeness (QED) is 0.808. The Labute approximate surface area is 96.1 Å². The number of carbonyl (C=O) groups is 1. The summed E-state index contributed by atoms with van der Waals surface area (Å²) in [5, 5.41) is 8.47. The van der Waals surface area contributed by atoms with Crippen LogP contribution < -0.4 is 9.47 Å². The molecule has 4 nitrogen and oxygen atoms in total. The van der Waals surface area contributed by atoms with Crippen molar-refractivity contribution in [2.24, 2.45) is 0 Å². The van der Waals surface area contributed by atoms with Crippen molar-refractivity contribution in [1.82, 2.24) is 0 Å². The van der Waals surface area contributed by atoms with Crippen LogP contribution in [0.1, 0.15) is 5.56 Å². The Morgan fingerprint density at radius 2 is 2.18 bits per heavy atom. The molecule has 0 spiro atoms. The lowest BCUT2D eigenvalue weighted by molar-refractivity contribution is -0.131. The number of hydrogen-bond acceptors (Lipinski definition) is 3. The van der Waals surface area contributed by atoms with E-state index in [4.69, 9.17) is 9.84 Å². The highest BCUT2D eigenvalue weighted by atomic mass is 19.3. The summed E-state index contributed by atoms with van der Waals surface area (Å²) in [6, 6.07) is 4.42. The molecule has 0 aromatic heterocycles. The summed E-state index contributed by atoms with van der Waals surface area (Å²) in [4.78, 5) is 10.4. The Morgan fingerprint density at radius 1 is 1.47 bits per heavy atom. The van der Waals surface area contributed by atoms with Crippen molar-refractivity contribution in [2.75, 3.05) is 7.11 Å². The van der Waals surface area contributed by atoms with Gasteiger partial charge >= 0.3 is 12.6 Å². The zero-order valence-corrected chi connectivity index (χ0v) is 8.89. The molecule has 0 unspecified atom stereocenters. The Hall–Kier alpha value is -2.11. The molecule has 0 radical (unpaired) electrons. The number of alkyl halides is 2. The van der Waals surface area contributed by atoms with Crippen LogP contribution in [0.5, 0.6) is 11.5 Å². The fourth-order valence-corrected chi connectivity index (χ4v) is 1.20. The van der Waals surface area contributed by atoms with Gasteiger partial charge in [0.25, 0.3) is 0 Å². The average Bonchev–Trinajstić information content (AvgIpc) is 2.26. The fraction of sp³-hybridized carbons (Fsp3) is 0.182. The second-order valence-electron chi connectivity index (χ2n) is 2.93. The van der Waals surface area contributed by atoms with Gasteiger partial charge in [0.05, 0.1) is 7.11 Å². The Balaban J connectivity index is 3.14. The largest absolute Gasteiger partial charge is 0.493 e. The Kier molecular flexibility index (Phi) is 4.45. The summed E-state index contributed by atoms with van der Waals surface area (Å²) in [5.41, 5.74) is 0.201. The number of rotatable bonds is 5. The van der Waals surface area contributed by atoms with Crippen LogP contribution in [0.3, 0.4) is 0 Å². The lowest BCUT2D eigenvalue weighted by Crippen LogP contribution is -2.05. The van der Waals surface area contributed by atoms with Gasteiger partial charge < -0.3 is 14.6 Å². The third kappa shape index (κ3) is 3.75. The molecule has 0 fully saturated rings. The molecule has 0 amide bonds. The normalized spacial score (nSPS) is 10.8. The number of benzene rings is 1. The predicted octanol–water partition coefficient (Wildman–Crippen LogP) is 2.39. The third-order valence-electron chi connectivity index (χ3n) is 1.84. The summed E-state index contributed by atoms with van der Waals surface area (Å²) >= 11 is 0. The maximum atomic E-state index is 12.2. The molecule has 1 N–H and O–H groups in total. The molecule has 17 heavy (non-hydrogen) atoms. The van der Waals surface area contributed by atoms with Gasteiger partial charge in [-0.2, -0.15) is 8.78 Å². The molecular formula is C11H10F2O4. The zero-order chi connectivity index (χ0) is 12.8. The van der Waals surface area contributed by atoms with Crippen molar-refractivity contribution in [3.8, 4) is 11.5 Å². The molecule has 1 aromatic rings. The predicted molar refractivity (Wildman–Crippen MR) is 56.3 cm³/mol. The van der Waals surface area contributed by atoms with Gasteiger partial charge in [-0.3, -0.25) is 0 Å². The van der Waals surface area contributed by atoms with Crippen molar-refractivity contribution in [3.63, 3.8) is 0 Å². The molecule has 0 aliphatic rings. The first-order valence-corrected chi connectivity index (χ1v) is 4.57. The van der Waals surface area contributed by atoms with Crippen molar-refractivity contribution in [2.45, 2.75) is 6.61 Å². The van der Waals surface area contributed by atoms with Crippen LogP contribution in [0.2, 0.25) is 0 Å². The molecule has 0 saturated heterocycles. The SMILES string of the molecule is COc1cccc(C=CC(=O)O)c1OC(F)F. The van der Waals surface area contributed by atoms with Crippen LogP contribution >= 0.6 is 0 Å². The number of methoxy groups -OCH3 is 1. The van der Waals surface area contributed by atoms with E-state index in [9.17, 15) is 13.6 Å². The van der Waals surface area contributed by atoms with E-state index in [1.165, 1.54) is 19.2 Å². The van der Waals surface area contributed by atoms with Gasteiger partial charge in [0.2, 0.25) is 0 Å². The topological polar surface area (TPSA) is 55.8 Å². The van der Waals surface area contributed by atoms with E-state index in [1.54, 1.807) is 6.07 Å². The number of carboxylic acids is 1. The summed E-state index contributed by atoms with van der Waals surface area (Å²) in [6.07, 6.45) is 1.98. The van der Waals surface area contributed by atoms with E-state index in [2.05, 4.69) is 4.74 Å². The van der Waals surface area contributed by atoms with Crippen molar-refractivity contribution < 1.29 is 28.2 Å². The van der Waals surface area contributed by atoms with Gasteiger partial charge in [-0.05, 0) is 12.1 Å². The van der Waals surface area contributed by atoms with Crippen molar-refractivity contribution >= 4 is 12.0 Å². The minimum atomic E-state index is -3.01.